The number of carbonyl (C=O) groups is 1. The lowest BCUT2D eigenvalue weighted by molar-refractivity contribution is 0.103. The molecule has 2 nitrogen and oxygen atoms in total. The van der Waals surface area contributed by atoms with Gasteiger partial charge in [-0.2, -0.15) is 10.9 Å². The monoisotopic (exact) mass is 550 g/mol. The van der Waals surface area contributed by atoms with E-state index in [2.05, 4.69) is 43.3 Å². The van der Waals surface area contributed by atoms with E-state index in [9.17, 15) is 9.59 Å². The first-order chi connectivity index (χ1) is 18.5. The molecule has 6 rings (SSSR count). The molecule has 38 heavy (non-hydrogen) atoms. The lowest BCUT2D eigenvalue weighted by Gasteiger charge is -2.24. The van der Waals surface area contributed by atoms with Gasteiger partial charge in [0.2, 0.25) is 0 Å². The van der Waals surface area contributed by atoms with Crippen molar-refractivity contribution >= 4 is 59.8 Å². The largest absolute Gasteiger partial charge is 0.289 e. The molecule has 0 aliphatic rings. The quantitative estimate of drug-likeness (QED) is 0.132. The Morgan fingerprint density at radius 1 is 0.658 bits per heavy atom. The molecule has 1 unspecified atom stereocenters. The standard InChI is InChI=1S/C33H23ClO2S2/c1-21-7-12-25(13-8-21)38(26-14-9-23(10-15-26)32(35)22-5-3-2-4-6-22)27-16-18-31-29(20-27)33(36)28-19-24(34)11-17-30(28)37-31/h2-20,38H,1H3. The van der Waals surface area contributed by atoms with Crippen LogP contribution in [0.3, 0.4) is 0 Å². The Balaban J connectivity index is 1.48. The van der Waals surface area contributed by atoms with Gasteiger partial charge in [0.05, 0.1) is 0 Å². The van der Waals surface area contributed by atoms with Crippen molar-refractivity contribution in [2.45, 2.75) is 21.6 Å². The molecule has 1 aromatic heterocycles. The molecule has 0 saturated carbocycles. The summed E-state index contributed by atoms with van der Waals surface area (Å²) < 4.78 is 1.88. The van der Waals surface area contributed by atoms with Crippen LogP contribution in [0, 0.1) is 6.92 Å². The zero-order chi connectivity index (χ0) is 26.2. The zero-order valence-electron chi connectivity index (χ0n) is 20.5. The van der Waals surface area contributed by atoms with Crippen molar-refractivity contribution in [3.8, 4) is 0 Å². The van der Waals surface area contributed by atoms with Crippen molar-refractivity contribution in [1.82, 2.24) is 0 Å². The first-order valence-electron chi connectivity index (χ1n) is 12.2. The van der Waals surface area contributed by atoms with Gasteiger partial charge in [-0.25, -0.2) is 0 Å². The van der Waals surface area contributed by atoms with Crippen LogP contribution in [0.5, 0.6) is 0 Å². The number of carbonyl (C=O) groups excluding carboxylic acids is 1. The second-order valence-corrected chi connectivity index (χ2v) is 12.9. The summed E-state index contributed by atoms with van der Waals surface area (Å²) in [5.41, 5.74) is 2.52. The number of rotatable bonds is 5. The molecule has 5 heteroatoms. The predicted octanol–water partition coefficient (Wildman–Crippen LogP) is 9.09. The number of fused-ring (bicyclic) bond motifs is 2. The zero-order valence-corrected chi connectivity index (χ0v) is 23.0. The van der Waals surface area contributed by atoms with Crippen LogP contribution in [0.4, 0.5) is 0 Å². The van der Waals surface area contributed by atoms with E-state index in [1.165, 1.54) is 10.5 Å². The molecular weight excluding hydrogens is 528 g/mol. The van der Waals surface area contributed by atoms with Gasteiger partial charge in [-0.05, 0) is 94.4 Å². The molecule has 0 saturated heterocycles. The third-order valence-electron chi connectivity index (χ3n) is 6.59. The molecule has 0 aliphatic heterocycles. The number of hydrogen-bond acceptors (Lipinski definition) is 3. The Labute approximate surface area is 232 Å². The lowest BCUT2D eigenvalue weighted by Crippen LogP contribution is -2.02. The summed E-state index contributed by atoms with van der Waals surface area (Å²) in [5.74, 6) is 0.00513. The molecule has 0 bridgehead atoms. The van der Waals surface area contributed by atoms with Gasteiger partial charge >= 0.3 is 0 Å². The summed E-state index contributed by atoms with van der Waals surface area (Å²) in [4.78, 5) is 29.9. The highest BCUT2D eigenvalue weighted by molar-refractivity contribution is 8.17. The summed E-state index contributed by atoms with van der Waals surface area (Å²) in [6.45, 7) is 2.08. The summed E-state index contributed by atoms with van der Waals surface area (Å²) in [6, 6.07) is 37.5. The number of aryl methyl sites for hydroxylation is 1. The van der Waals surface area contributed by atoms with Crippen molar-refractivity contribution in [3.05, 3.63) is 147 Å². The van der Waals surface area contributed by atoms with E-state index >= 15 is 0 Å². The van der Waals surface area contributed by atoms with E-state index in [1.807, 2.05) is 72.8 Å². The Morgan fingerprint density at radius 2 is 1.21 bits per heavy atom. The summed E-state index contributed by atoms with van der Waals surface area (Å²) in [7, 11) is -0.951. The molecule has 0 aliphatic carbocycles. The molecular formula is C33H23ClO2S2. The number of ketones is 1. The minimum Gasteiger partial charge on any atom is -0.289 e. The van der Waals surface area contributed by atoms with Gasteiger partial charge in [0.25, 0.3) is 0 Å². The van der Waals surface area contributed by atoms with Crippen LogP contribution in [0.15, 0.2) is 135 Å². The van der Waals surface area contributed by atoms with E-state index < -0.39 is 10.9 Å². The van der Waals surface area contributed by atoms with Crippen LogP contribution in [0.25, 0.3) is 20.2 Å². The summed E-state index contributed by atoms with van der Waals surface area (Å²) >= 11 is 7.82. The number of thiol groups is 1. The minimum atomic E-state index is -0.951. The third kappa shape index (κ3) is 4.67. The van der Waals surface area contributed by atoms with E-state index in [1.54, 1.807) is 17.4 Å². The Bertz CT molecular complexity index is 1860. The van der Waals surface area contributed by atoms with E-state index in [4.69, 9.17) is 11.6 Å². The van der Waals surface area contributed by atoms with Crippen molar-refractivity contribution in [2.75, 3.05) is 0 Å². The molecule has 0 spiro atoms. The Morgan fingerprint density at radius 3 is 1.89 bits per heavy atom. The van der Waals surface area contributed by atoms with E-state index in [0.29, 0.717) is 26.9 Å². The maximum atomic E-state index is 13.5. The average Bonchev–Trinajstić information content (AvgIpc) is 2.95. The third-order valence-corrected chi connectivity index (χ3v) is 10.4. The van der Waals surface area contributed by atoms with Gasteiger partial charge in [-0.1, -0.05) is 59.6 Å². The Kier molecular flexibility index (Phi) is 6.62. The smallest absolute Gasteiger partial charge is 0.195 e. The lowest BCUT2D eigenvalue weighted by atomic mass is 10.0. The molecule has 186 valence electrons. The van der Waals surface area contributed by atoms with E-state index in [-0.39, 0.29) is 11.2 Å². The van der Waals surface area contributed by atoms with Crippen LogP contribution in [-0.2, 0) is 0 Å². The van der Waals surface area contributed by atoms with Gasteiger partial charge in [0, 0.05) is 36.3 Å². The first kappa shape index (κ1) is 24.6. The van der Waals surface area contributed by atoms with Crippen LogP contribution in [-0.4, -0.2) is 5.78 Å². The van der Waals surface area contributed by atoms with Gasteiger partial charge in [0.1, 0.15) is 0 Å². The molecule has 0 amide bonds. The maximum absolute atomic E-state index is 13.5. The number of benzene rings is 5. The highest BCUT2D eigenvalue weighted by atomic mass is 35.5. The fourth-order valence-electron chi connectivity index (χ4n) is 4.61. The van der Waals surface area contributed by atoms with E-state index in [0.717, 1.165) is 19.2 Å². The van der Waals surface area contributed by atoms with Crippen molar-refractivity contribution < 1.29 is 4.79 Å². The normalized spacial score (nSPS) is 12.5. The molecule has 5 aromatic carbocycles. The SMILES string of the molecule is Cc1ccc([SH](c2ccc(C(=O)c3ccccc3)cc2)c2ccc3sc4ccc(Cl)cc4c(=O)c3c2)cc1. The van der Waals surface area contributed by atoms with Crippen molar-refractivity contribution in [1.29, 1.82) is 0 Å². The van der Waals surface area contributed by atoms with Gasteiger partial charge in [-0.3, -0.25) is 9.59 Å². The molecule has 1 heterocycles. The van der Waals surface area contributed by atoms with Crippen LogP contribution >= 0.6 is 33.8 Å². The minimum absolute atomic E-state index is 0.000705. The molecule has 0 fully saturated rings. The number of halogens is 1. The van der Waals surface area contributed by atoms with Gasteiger partial charge < -0.3 is 0 Å². The first-order valence-corrected chi connectivity index (χ1v) is 14.7. The second kappa shape index (κ2) is 10.2. The van der Waals surface area contributed by atoms with Crippen LogP contribution < -0.4 is 5.43 Å². The molecule has 0 radical (unpaired) electrons. The molecule has 0 N–H and O–H groups in total. The van der Waals surface area contributed by atoms with Crippen LogP contribution in [0.1, 0.15) is 21.5 Å². The second-order valence-electron chi connectivity index (χ2n) is 9.17. The fraction of sp³-hybridized carbons (Fsp3) is 0.0303. The number of hydrogen-bond donors (Lipinski definition) is 1. The highest BCUT2D eigenvalue weighted by Gasteiger charge is 2.17. The predicted molar refractivity (Wildman–Crippen MR) is 162 cm³/mol. The van der Waals surface area contributed by atoms with Crippen molar-refractivity contribution in [3.63, 3.8) is 0 Å². The Hall–Kier alpha value is -3.70. The maximum Gasteiger partial charge on any atom is 0.195 e. The van der Waals surface area contributed by atoms with Gasteiger partial charge in [0.15, 0.2) is 11.2 Å². The topological polar surface area (TPSA) is 34.1 Å². The summed E-state index contributed by atoms with van der Waals surface area (Å²) in [5, 5.41) is 1.91. The summed E-state index contributed by atoms with van der Waals surface area (Å²) in [6.07, 6.45) is 0. The molecule has 6 aromatic rings. The average molecular weight is 551 g/mol. The van der Waals surface area contributed by atoms with Crippen molar-refractivity contribution in [2.24, 2.45) is 0 Å². The fourth-order valence-corrected chi connectivity index (χ4v) is 8.09. The molecule has 1 atom stereocenters. The highest BCUT2D eigenvalue weighted by Crippen LogP contribution is 2.52. The van der Waals surface area contributed by atoms with Crippen LogP contribution in [0.2, 0.25) is 5.02 Å². The van der Waals surface area contributed by atoms with Gasteiger partial charge in [-0.15, -0.1) is 11.3 Å².